The van der Waals surface area contributed by atoms with Crippen LogP contribution in [-0.2, 0) is 16.0 Å². The summed E-state index contributed by atoms with van der Waals surface area (Å²) in [5.74, 6) is 1.08. The minimum atomic E-state index is -0.458. The van der Waals surface area contributed by atoms with Crippen LogP contribution in [0.15, 0.2) is 23.4 Å². The highest BCUT2D eigenvalue weighted by Crippen LogP contribution is 2.38. The summed E-state index contributed by atoms with van der Waals surface area (Å²) in [4.78, 5) is 12.6. The summed E-state index contributed by atoms with van der Waals surface area (Å²) in [6, 6.07) is 3.46. The van der Waals surface area contributed by atoms with Gasteiger partial charge in [-0.3, -0.25) is 0 Å². The van der Waals surface area contributed by atoms with E-state index in [2.05, 4.69) is 17.6 Å². The molecule has 0 saturated heterocycles. The minimum absolute atomic E-state index is 0.300. The Morgan fingerprint density at radius 3 is 2.33 bits per heavy atom. The van der Waals surface area contributed by atoms with Crippen LogP contribution in [-0.4, -0.2) is 30.9 Å². The van der Waals surface area contributed by atoms with Crippen molar-refractivity contribution in [3.05, 3.63) is 34.5 Å². The first-order valence-corrected chi connectivity index (χ1v) is 9.75. The van der Waals surface area contributed by atoms with Gasteiger partial charge in [0.2, 0.25) is 0 Å². The van der Waals surface area contributed by atoms with E-state index in [9.17, 15) is 4.79 Å². The zero-order chi connectivity index (χ0) is 20.0. The van der Waals surface area contributed by atoms with Gasteiger partial charge in [0.25, 0.3) is 0 Å². The first kappa shape index (κ1) is 21.0. The molecular formula is C20H28N2O4S. The van der Waals surface area contributed by atoms with Crippen molar-refractivity contribution in [3.63, 3.8) is 0 Å². The van der Waals surface area contributed by atoms with Crippen LogP contribution in [0.25, 0.3) is 0 Å². The maximum absolute atomic E-state index is 12.6. The fourth-order valence-corrected chi connectivity index (χ4v) is 3.37. The summed E-state index contributed by atoms with van der Waals surface area (Å²) in [5.41, 5.74) is 3.06. The summed E-state index contributed by atoms with van der Waals surface area (Å²) < 4.78 is 16.9. The van der Waals surface area contributed by atoms with Crippen LogP contribution in [0.3, 0.4) is 0 Å². The number of ether oxygens (including phenoxy) is 3. The van der Waals surface area contributed by atoms with Crippen LogP contribution in [0.2, 0.25) is 0 Å². The molecule has 0 fully saturated rings. The predicted octanol–water partition coefficient (Wildman–Crippen LogP) is 3.40. The second-order valence-electron chi connectivity index (χ2n) is 6.01. The molecule has 2 N–H and O–H groups in total. The minimum Gasteiger partial charge on any atom is -0.493 e. The third-order valence-electron chi connectivity index (χ3n) is 4.25. The third kappa shape index (κ3) is 4.71. The van der Waals surface area contributed by atoms with Crippen molar-refractivity contribution in [2.24, 2.45) is 0 Å². The molecule has 2 rings (SSSR count). The zero-order valence-electron chi connectivity index (χ0n) is 16.6. The Kier molecular flexibility index (Phi) is 7.47. The second-order valence-corrected chi connectivity index (χ2v) is 6.42. The zero-order valence-corrected chi connectivity index (χ0v) is 17.4. The highest BCUT2D eigenvalue weighted by atomic mass is 32.1. The summed E-state index contributed by atoms with van der Waals surface area (Å²) >= 11 is 5.33. The van der Waals surface area contributed by atoms with Crippen molar-refractivity contribution in [3.8, 4) is 11.5 Å². The van der Waals surface area contributed by atoms with Crippen LogP contribution >= 0.6 is 12.2 Å². The van der Waals surface area contributed by atoms with Crippen molar-refractivity contribution in [2.75, 3.05) is 19.8 Å². The number of allylic oxidation sites excluding steroid dienone is 1. The lowest BCUT2D eigenvalue weighted by Gasteiger charge is -2.31. The van der Waals surface area contributed by atoms with E-state index < -0.39 is 6.04 Å². The molecular weight excluding hydrogens is 364 g/mol. The first-order valence-electron chi connectivity index (χ1n) is 9.34. The van der Waals surface area contributed by atoms with Gasteiger partial charge in [0.1, 0.15) is 11.5 Å². The first-order chi connectivity index (χ1) is 13.0. The molecule has 1 atom stereocenters. The van der Waals surface area contributed by atoms with E-state index in [-0.39, 0.29) is 5.97 Å². The Bertz CT molecular complexity index is 746. The molecule has 0 saturated carbocycles. The standard InChI is InChI=1S/C20H28N2O4S/c1-6-13-10-14(16(25-8-3)11-15(13)24-7-2)18-17(19(23)26-9-4)12(5)21-20(27)22-18/h10-11,18H,6-9H2,1-5H3,(H2,21,22,27). The van der Waals surface area contributed by atoms with Gasteiger partial charge in [-0.15, -0.1) is 0 Å². The van der Waals surface area contributed by atoms with Crippen molar-refractivity contribution in [1.29, 1.82) is 0 Å². The fourth-order valence-electron chi connectivity index (χ4n) is 3.10. The maximum Gasteiger partial charge on any atom is 0.338 e. The van der Waals surface area contributed by atoms with Crippen molar-refractivity contribution < 1.29 is 19.0 Å². The number of carbonyl (C=O) groups excluding carboxylic acids is 1. The number of esters is 1. The average molecular weight is 393 g/mol. The van der Waals surface area contributed by atoms with Gasteiger partial charge in [-0.1, -0.05) is 6.92 Å². The van der Waals surface area contributed by atoms with E-state index in [1.165, 1.54) is 0 Å². The molecule has 1 aliphatic heterocycles. The third-order valence-corrected chi connectivity index (χ3v) is 4.47. The summed E-state index contributed by atoms with van der Waals surface area (Å²) in [5, 5.41) is 6.67. The van der Waals surface area contributed by atoms with E-state index >= 15 is 0 Å². The smallest absolute Gasteiger partial charge is 0.338 e. The van der Waals surface area contributed by atoms with Crippen molar-refractivity contribution in [1.82, 2.24) is 10.6 Å². The Morgan fingerprint density at radius 2 is 1.74 bits per heavy atom. The molecule has 1 aliphatic rings. The molecule has 0 aromatic heterocycles. The molecule has 1 unspecified atom stereocenters. The fraction of sp³-hybridized carbons (Fsp3) is 0.500. The molecule has 1 aromatic carbocycles. The van der Waals surface area contributed by atoms with Gasteiger partial charge in [0.15, 0.2) is 5.11 Å². The Labute approximate surface area is 166 Å². The molecule has 1 aromatic rings. The number of nitrogens with one attached hydrogen (secondary N) is 2. The van der Waals surface area contributed by atoms with E-state index in [1.807, 2.05) is 32.9 Å². The molecule has 1 heterocycles. The molecule has 0 spiro atoms. The number of hydrogen-bond donors (Lipinski definition) is 2. The second kappa shape index (κ2) is 9.60. The summed E-state index contributed by atoms with van der Waals surface area (Å²) in [6.45, 7) is 10.9. The van der Waals surface area contributed by atoms with Gasteiger partial charge >= 0.3 is 5.97 Å². The topological polar surface area (TPSA) is 68.8 Å². The Hall–Kier alpha value is -2.28. The Morgan fingerprint density at radius 1 is 1.07 bits per heavy atom. The lowest BCUT2D eigenvalue weighted by molar-refractivity contribution is -0.139. The highest BCUT2D eigenvalue weighted by molar-refractivity contribution is 7.80. The number of carbonyl (C=O) groups is 1. The molecule has 6 nitrogen and oxygen atoms in total. The van der Waals surface area contributed by atoms with Gasteiger partial charge in [0, 0.05) is 17.3 Å². The number of thiocarbonyl (C=S) groups is 1. The van der Waals surface area contributed by atoms with Crippen molar-refractivity contribution >= 4 is 23.3 Å². The van der Waals surface area contributed by atoms with Gasteiger partial charge in [-0.25, -0.2) is 4.79 Å². The van der Waals surface area contributed by atoms with Crippen LogP contribution < -0.4 is 20.1 Å². The van der Waals surface area contributed by atoms with E-state index in [4.69, 9.17) is 26.4 Å². The van der Waals surface area contributed by atoms with Crippen LogP contribution in [0.1, 0.15) is 51.8 Å². The number of aryl methyl sites for hydroxylation is 1. The van der Waals surface area contributed by atoms with Crippen molar-refractivity contribution in [2.45, 2.75) is 47.1 Å². The molecule has 0 radical (unpaired) electrons. The quantitative estimate of drug-likeness (QED) is 0.519. The summed E-state index contributed by atoms with van der Waals surface area (Å²) in [7, 11) is 0. The lowest BCUT2D eigenvalue weighted by Crippen LogP contribution is -2.45. The lowest BCUT2D eigenvalue weighted by atomic mass is 9.92. The molecule has 0 amide bonds. The maximum atomic E-state index is 12.6. The van der Waals surface area contributed by atoms with Crippen LogP contribution in [0.5, 0.6) is 11.5 Å². The van der Waals surface area contributed by atoms with Gasteiger partial charge in [0.05, 0.1) is 31.4 Å². The van der Waals surface area contributed by atoms with Gasteiger partial charge in [-0.05, 0) is 58.0 Å². The van der Waals surface area contributed by atoms with E-state index in [0.29, 0.717) is 42.0 Å². The number of benzene rings is 1. The molecule has 0 bridgehead atoms. The van der Waals surface area contributed by atoms with E-state index in [0.717, 1.165) is 23.3 Å². The highest BCUT2D eigenvalue weighted by Gasteiger charge is 2.33. The normalized spacial score (nSPS) is 16.5. The van der Waals surface area contributed by atoms with E-state index in [1.54, 1.807) is 6.92 Å². The van der Waals surface area contributed by atoms with Gasteiger partial charge in [-0.2, -0.15) is 0 Å². The Balaban J connectivity index is 2.62. The predicted molar refractivity (Wildman–Crippen MR) is 109 cm³/mol. The van der Waals surface area contributed by atoms with Gasteiger partial charge < -0.3 is 24.8 Å². The molecule has 0 aliphatic carbocycles. The monoisotopic (exact) mass is 392 g/mol. The van der Waals surface area contributed by atoms with Crippen LogP contribution in [0.4, 0.5) is 0 Å². The average Bonchev–Trinajstić information content (AvgIpc) is 2.62. The van der Waals surface area contributed by atoms with Crippen LogP contribution in [0, 0.1) is 0 Å². The molecule has 27 heavy (non-hydrogen) atoms. The largest absolute Gasteiger partial charge is 0.493 e. The number of rotatable bonds is 8. The molecule has 148 valence electrons. The SMILES string of the molecule is CCOC(=O)C1=C(C)NC(=S)NC1c1cc(CC)c(OCC)cc1OCC. The number of hydrogen-bond acceptors (Lipinski definition) is 5. The summed E-state index contributed by atoms with van der Waals surface area (Å²) in [6.07, 6.45) is 0.793. The molecule has 7 heteroatoms.